The molecule has 4 aliphatic rings. The van der Waals surface area contributed by atoms with Gasteiger partial charge in [-0.1, -0.05) is 51.0 Å². The number of aliphatic carboxylic acids is 1. The van der Waals surface area contributed by atoms with E-state index in [-0.39, 0.29) is 54.2 Å². The van der Waals surface area contributed by atoms with E-state index in [1.54, 1.807) is 0 Å². The molecular formula is C32H50O7. The minimum Gasteiger partial charge on any atom is -0.481 e. The van der Waals surface area contributed by atoms with Crippen LogP contribution in [-0.4, -0.2) is 54.9 Å². The first kappa shape index (κ1) is 30.4. The first-order valence-electron chi connectivity index (χ1n) is 15.6. The van der Waals surface area contributed by atoms with Crippen LogP contribution in [0.5, 0.6) is 0 Å². The zero-order valence-corrected chi connectivity index (χ0v) is 24.0. The lowest BCUT2D eigenvalue weighted by molar-refractivity contribution is -0.193. The molecule has 9 atom stereocenters. The van der Waals surface area contributed by atoms with Crippen LogP contribution < -0.4 is 0 Å². The number of rotatable bonds is 15. The molecule has 7 heteroatoms. The summed E-state index contributed by atoms with van der Waals surface area (Å²) in [6.45, 7) is 5.93. The minimum atomic E-state index is -0.696. The molecule has 0 amide bonds. The largest absolute Gasteiger partial charge is 0.481 e. The molecule has 0 radical (unpaired) electrons. The molecule has 39 heavy (non-hydrogen) atoms. The monoisotopic (exact) mass is 546 g/mol. The fourth-order valence-corrected chi connectivity index (χ4v) is 6.27. The Bertz CT molecular complexity index is 826. The first-order chi connectivity index (χ1) is 19.0. The highest BCUT2D eigenvalue weighted by Gasteiger charge is 2.43. The van der Waals surface area contributed by atoms with Crippen LogP contribution in [0.3, 0.4) is 0 Å². The van der Waals surface area contributed by atoms with E-state index in [9.17, 15) is 9.59 Å². The maximum Gasteiger partial charge on any atom is 0.306 e. The van der Waals surface area contributed by atoms with Crippen LogP contribution in [0.2, 0.25) is 0 Å². The van der Waals surface area contributed by atoms with E-state index in [1.807, 2.05) is 0 Å². The van der Waals surface area contributed by atoms with E-state index in [0.29, 0.717) is 25.4 Å². The van der Waals surface area contributed by atoms with Gasteiger partial charge < -0.3 is 24.1 Å². The van der Waals surface area contributed by atoms with Gasteiger partial charge in [0.25, 0.3) is 0 Å². The summed E-state index contributed by atoms with van der Waals surface area (Å²) in [6.07, 6.45) is 20.0. The van der Waals surface area contributed by atoms with E-state index in [4.69, 9.17) is 24.1 Å². The number of ether oxygens (including phenoxy) is 4. The summed E-state index contributed by atoms with van der Waals surface area (Å²) in [5, 5.41) is 9.16. The fourth-order valence-electron chi connectivity index (χ4n) is 6.27. The van der Waals surface area contributed by atoms with Gasteiger partial charge in [-0.15, -0.1) is 0 Å². The first-order valence-corrected chi connectivity index (χ1v) is 15.6. The van der Waals surface area contributed by atoms with Crippen molar-refractivity contribution in [2.45, 2.75) is 122 Å². The van der Waals surface area contributed by atoms with E-state index in [2.05, 4.69) is 38.2 Å². The van der Waals surface area contributed by atoms with Crippen LogP contribution in [0, 0.1) is 29.6 Å². The van der Waals surface area contributed by atoms with Crippen LogP contribution in [0.4, 0.5) is 0 Å². The number of Topliss-reactive ketones (excluding diaryl/α,β-unsaturated/α-hetero) is 1. The van der Waals surface area contributed by atoms with E-state index >= 15 is 0 Å². The van der Waals surface area contributed by atoms with Gasteiger partial charge in [0.1, 0.15) is 5.78 Å². The minimum absolute atomic E-state index is 0.0443. The molecule has 2 heterocycles. The summed E-state index contributed by atoms with van der Waals surface area (Å²) in [7, 11) is 0. The van der Waals surface area contributed by atoms with Gasteiger partial charge in [0.05, 0.1) is 18.1 Å². The number of carboxylic acids is 1. The summed E-state index contributed by atoms with van der Waals surface area (Å²) >= 11 is 0. The SMILES string of the molecule is CCCC[C@@H](C)[C@@H](C=C[C@H]1[C@H](OC2CCCCO2)CC(=O)[C@@H]1CC=CC[C@@H]1C[C@H]1C(=O)O)OC1CCCCO1. The molecule has 7 nitrogen and oxygen atoms in total. The van der Waals surface area contributed by atoms with Crippen LogP contribution in [0.25, 0.3) is 0 Å². The Morgan fingerprint density at radius 1 is 1.08 bits per heavy atom. The van der Waals surface area contributed by atoms with Crippen molar-refractivity contribution >= 4 is 11.8 Å². The number of carboxylic acid groups (broad SMARTS) is 1. The van der Waals surface area contributed by atoms with Crippen molar-refractivity contribution in [2.24, 2.45) is 29.6 Å². The molecule has 0 bridgehead atoms. The molecule has 1 N–H and O–H groups in total. The Balaban J connectivity index is 1.44. The fraction of sp³-hybridized carbons (Fsp3) is 0.812. The lowest BCUT2D eigenvalue weighted by Gasteiger charge is -2.31. The lowest BCUT2D eigenvalue weighted by Crippen LogP contribution is -2.32. The maximum absolute atomic E-state index is 13.2. The predicted molar refractivity (Wildman–Crippen MR) is 149 cm³/mol. The quantitative estimate of drug-likeness (QED) is 0.236. The Morgan fingerprint density at radius 3 is 2.44 bits per heavy atom. The third-order valence-electron chi connectivity index (χ3n) is 8.95. The Kier molecular flexibility index (Phi) is 12.1. The number of carbonyl (C=O) groups excluding carboxylic acids is 1. The van der Waals surface area contributed by atoms with Gasteiger partial charge in [-0.3, -0.25) is 9.59 Å². The van der Waals surface area contributed by atoms with Gasteiger partial charge in [0.15, 0.2) is 12.6 Å². The van der Waals surface area contributed by atoms with Crippen LogP contribution in [-0.2, 0) is 28.5 Å². The van der Waals surface area contributed by atoms with Crippen molar-refractivity contribution in [3.8, 4) is 0 Å². The molecule has 2 aliphatic carbocycles. The molecule has 220 valence electrons. The summed E-state index contributed by atoms with van der Waals surface area (Å²) < 4.78 is 24.7. The molecule has 0 aromatic carbocycles. The number of hydrogen-bond acceptors (Lipinski definition) is 6. The molecule has 2 saturated carbocycles. The topological polar surface area (TPSA) is 91.3 Å². The zero-order chi connectivity index (χ0) is 27.6. The van der Waals surface area contributed by atoms with Gasteiger partial charge in [-0.05, 0) is 76.0 Å². The third-order valence-corrected chi connectivity index (χ3v) is 8.95. The molecule has 0 spiro atoms. The standard InChI is InChI=1S/C32H50O7/c1-3-4-11-22(2)28(38-30-14-7-9-18-36-30)17-16-25-24(13-6-5-12-23-20-26(23)32(34)35)27(33)21-29(25)39-31-15-8-10-19-37-31/h5-6,16-17,22-26,28-31H,3-4,7-15,18-21H2,1-2H3,(H,34,35)/t22-,23-,24-,25-,26-,28-,29-,30?,31?/m1/s1. The Morgan fingerprint density at radius 2 is 1.79 bits per heavy atom. The molecule has 0 aromatic rings. The molecular weight excluding hydrogens is 496 g/mol. The van der Waals surface area contributed by atoms with Gasteiger partial charge in [0.2, 0.25) is 0 Å². The average molecular weight is 547 g/mol. The molecule has 4 rings (SSSR count). The van der Waals surface area contributed by atoms with Crippen LogP contribution in [0.1, 0.15) is 97.3 Å². The normalized spacial score (nSPS) is 35.0. The third kappa shape index (κ3) is 9.24. The van der Waals surface area contributed by atoms with Gasteiger partial charge >= 0.3 is 5.97 Å². The highest BCUT2D eigenvalue weighted by molar-refractivity contribution is 5.85. The number of ketones is 1. The second kappa shape index (κ2) is 15.5. The van der Waals surface area contributed by atoms with Gasteiger partial charge in [-0.25, -0.2) is 0 Å². The summed E-state index contributed by atoms with van der Waals surface area (Å²) in [5.41, 5.74) is 0. The van der Waals surface area contributed by atoms with Crippen molar-refractivity contribution in [1.82, 2.24) is 0 Å². The predicted octanol–water partition coefficient (Wildman–Crippen LogP) is 6.45. The highest BCUT2D eigenvalue weighted by atomic mass is 16.7. The van der Waals surface area contributed by atoms with Crippen LogP contribution in [0.15, 0.2) is 24.3 Å². The van der Waals surface area contributed by atoms with E-state index < -0.39 is 5.97 Å². The maximum atomic E-state index is 13.2. The molecule has 2 saturated heterocycles. The van der Waals surface area contributed by atoms with Crippen LogP contribution >= 0.6 is 0 Å². The molecule has 0 aromatic heterocycles. The van der Waals surface area contributed by atoms with Gasteiger partial charge in [0, 0.05) is 31.5 Å². The van der Waals surface area contributed by atoms with Crippen molar-refractivity contribution < 1.29 is 33.6 Å². The van der Waals surface area contributed by atoms with E-state index in [0.717, 1.165) is 77.2 Å². The van der Waals surface area contributed by atoms with E-state index in [1.165, 1.54) is 0 Å². The van der Waals surface area contributed by atoms with Crippen molar-refractivity contribution in [2.75, 3.05) is 13.2 Å². The second-order valence-electron chi connectivity index (χ2n) is 12.1. The number of hydrogen-bond donors (Lipinski definition) is 1. The van der Waals surface area contributed by atoms with Crippen molar-refractivity contribution in [3.05, 3.63) is 24.3 Å². The summed E-state index contributed by atoms with van der Waals surface area (Å²) in [5.74, 6) is -0.279. The average Bonchev–Trinajstić information content (AvgIpc) is 3.67. The molecule has 2 aliphatic heterocycles. The van der Waals surface area contributed by atoms with Gasteiger partial charge in [-0.2, -0.15) is 0 Å². The Hall–Kier alpha value is -1.54. The number of carbonyl (C=O) groups is 2. The van der Waals surface area contributed by atoms with Crippen molar-refractivity contribution in [1.29, 1.82) is 0 Å². The lowest BCUT2D eigenvalue weighted by atomic mass is 9.89. The number of allylic oxidation sites excluding steroid dienone is 2. The highest BCUT2D eigenvalue weighted by Crippen LogP contribution is 2.42. The number of unbranched alkanes of at least 4 members (excludes halogenated alkanes) is 1. The smallest absolute Gasteiger partial charge is 0.306 e. The molecule has 2 unspecified atom stereocenters. The zero-order valence-electron chi connectivity index (χ0n) is 24.0. The Labute approximate surface area is 234 Å². The summed E-state index contributed by atoms with van der Waals surface area (Å²) in [4.78, 5) is 24.4. The summed E-state index contributed by atoms with van der Waals surface area (Å²) in [6, 6.07) is 0. The van der Waals surface area contributed by atoms with Crippen molar-refractivity contribution in [3.63, 3.8) is 0 Å². The molecule has 4 fully saturated rings. The second-order valence-corrected chi connectivity index (χ2v) is 12.1.